The smallest absolute Gasteiger partial charge is 0.222 e. The molecule has 0 saturated carbocycles. The fourth-order valence-corrected chi connectivity index (χ4v) is 3.14. The Hall–Kier alpha value is -2.09. The number of nitrogens with zero attached hydrogens (tertiary/aromatic N) is 3. The second kappa shape index (κ2) is 11.0. The second-order valence-electron chi connectivity index (χ2n) is 7.11. The maximum atomic E-state index is 11.7. The zero-order valence-electron chi connectivity index (χ0n) is 16.6. The molecule has 1 N–H and O–H groups in total. The molecule has 1 aliphatic rings. The van der Waals surface area contributed by atoms with Gasteiger partial charge in [-0.15, -0.1) is 24.0 Å². The first kappa shape index (κ1) is 22.2. The van der Waals surface area contributed by atoms with Gasteiger partial charge in [0.05, 0.1) is 6.54 Å². The minimum absolute atomic E-state index is 0. The number of rotatable bonds is 6. The van der Waals surface area contributed by atoms with Gasteiger partial charge in [0.2, 0.25) is 5.91 Å². The number of hydrogen-bond donors (Lipinski definition) is 1. The predicted octanol–water partition coefficient (Wildman–Crippen LogP) is 3.63. The summed E-state index contributed by atoms with van der Waals surface area (Å²) in [4.78, 5) is 20.4. The minimum atomic E-state index is 0. The normalized spacial score (nSPS) is 14.0. The van der Waals surface area contributed by atoms with Gasteiger partial charge in [-0.05, 0) is 23.1 Å². The third kappa shape index (κ3) is 6.51. The molecule has 0 spiro atoms. The summed E-state index contributed by atoms with van der Waals surface area (Å²) in [5.74, 6) is 1.14. The molecule has 1 fully saturated rings. The van der Waals surface area contributed by atoms with E-state index < -0.39 is 0 Å². The van der Waals surface area contributed by atoms with E-state index in [1.807, 2.05) is 42.1 Å². The van der Waals surface area contributed by atoms with Crippen molar-refractivity contribution in [2.24, 2.45) is 4.99 Å². The third-order valence-electron chi connectivity index (χ3n) is 4.70. The first-order valence-corrected chi connectivity index (χ1v) is 9.47. The molecule has 3 rings (SSSR count). The summed E-state index contributed by atoms with van der Waals surface area (Å²) in [5.41, 5.74) is 3.57. The molecule has 6 heteroatoms. The molecule has 2 aromatic carbocycles. The largest absolute Gasteiger partial charge is 0.352 e. The van der Waals surface area contributed by atoms with Crippen molar-refractivity contribution in [1.82, 2.24) is 15.1 Å². The van der Waals surface area contributed by atoms with Gasteiger partial charge in [-0.2, -0.15) is 0 Å². The highest BCUT2D eigenvalue weighted by molar-refractivity contribution is 14.0. The average molecular weight is 492 g/mol. The molecule has 0 aliphatic carbocycles. The van der Waals surface area contributed by atoms with E-state index in [2.05, 4.69) is 41.7 Å². The van der Waals surface area contributed by atoms with Gasteiger partial charge in [-0.25, -0.2) is 4.99 Å². The van der Waals surface area contributed by atoms with Crippen molar-refractivity contribution in [2.45, 2.75) is 32.5 Å². The summed E-state index contributed by atoms with van der Waals surface area (Å²) in [7, 11) is 3.99. The van der Waals surface area contributed by atoms with E-state index in [9.17, 15) is 4.79 Å². The molecule has 5 nitrogen and oxygen atoms in total. The second-order valence-corrected chi connectivity index (χ2v) is 7.11. The van der Waals surface area contributed by atoms with E-state index in [0.717, 1.165) is 18.9 Å². The SMILES string of the molecule is CN(C)C(=NCc1ccccc1)NCc1ccc(CN2CCCC2=O)cc1.I. The van der Waals surface area contributed by atoms with Crippen LogP contribution in [-0.4, -0.2) is 42.3 Å². The lowest BCUT2D eigenvalue weighted by atomic mass is 10.1. The number of likely N-dealkylation sites (tertiary alicyclic amines) is 1. The Morgan fingerprint density at radius 3 is 2.32 bits per heavy atom. The first-order valence-electron chi connectivity index (χ1n) is 9.47. The van der Waals surface area contributed by atoms with Crippen LogP contribution in [0.15, 0.2) is 59.6 Å². The maximum Gasteiger partial charge on any atom is 0.222 e. The molecule has 1 aliphatic heterocycles. The number of halogens is 1. The Labute approximate surface area is 184 Å². The van der Waals surface area contributed by atoms with Crippen molar-refractivity contribution < 1.29 is 4.79 Å². The summed E-state index contributed by atoms with van der Waals surface area (Å²) < 4.78 is 0. The van der Waals surface area contributed by atoms with Gasteiger partial charge >= 0.3 is 0 Å². The molecule has 1 saturated heterocycles. The molecule has 150 valence electrons. The van der Waals surface area contributed by atoms with E-state index in [1.54, 1.807) is 0 Å². The van der Waals surface area contributed by atoms with Crippen molar-refractivity contribution in [3.63, 3.8) is 0 Å². The molecule has 1 heterocycles. The van der Waals surface area contributed by atoms with E-state index in [4.69, 9.17) is 4.99 Å². The summed E-state index contributed by atoms with van der Waals surface area (Å²) >= 11 is 0. The number of guanidine groups is 1. The monoisotopic (exact) mass is 492 g/mol. The summed E-state index contributed by atoms with van der Waals surface area (Å²) in [6, 6.07) is 18.7. The third-order valence-corrected chi connectivity index (χ3v) is 4.70. The van der Waals surface area contributed by atoms with Gasteiger partial charge in [-0.3, -0.25) is 4.79 Å². The molecule has 2 aromatic rings. The average Bonchev–Trinajstić information content (AvgIpc) is 3.08. The molecular formula is C22H29IN4O. The van der Waals surface area contributed by atoms with Crippen LogP contribution in [-0.2, 0) is 24.4 Å². The zero-order valence-corrected chi connectivity index (χ0v) is 18.9. The Morgan fingerprint density at radius 2 is 1.71 bits per heavy atom. The van der Waals surface area contributed by atoms with Crippen LogP contribution in [0.1, 0.15) is 29.5 Å². The Bertz CT molecular complexity index is 775. The summed E-state index contributed by atoms with van der Waals surface area (Å²) in [6.45, 7) is 2.97. The van der Waals surface area contributed by atoms with Crippen molar-refractivity contribution in [3.05, 3.63) is 71.3 Å². The molecule has 0 unspecified atom stereocenters. The quantitative estimate of drug-likeness (QED) is 0.381. The Morgan fingerprint density at radius 1 is 1.04 bits per heavy atom. The molecule has 0 radical (unpaired) electrons. The van der Waals surface area contributed by atoms with Gasteiger partial charge < -0.3 is 15.1 Å². The molecule has 0 aromatic heterocycles. The summed E-state index contributed by atoms with van der Waals surface area (Å²) in [6.07, 6.45) is 1.67. The fourth-order valence-electron chi connectivity index (χ4n) is 3.14. The number of benzene rings is 2. The maximum absolute atomic E-state index is 11.7. The van der Waals surface area contributed by atoms with Gasteiger partial charge in [-0.1, -0.05) is 54.6 Å². The number of hydrogen-bond acceptors (Lipinski definition) is 2. The van der Waals surface area contributed by atoms with Crippen LogP contribution in [0.2, 0.25) is 0 Å². The van der Waals surface area contributed by atoms with Crippen molar-refractivity contribution in [1.29, 1.82) is 0 Å². The number of aliphatic imine (C=N–C) groups is 1. The van der Waals surface area contributed by atoms with Gasteiger partial charge in [0.25, 0.3) is 0 Å². The van der Waals surface area contributed by atoms with E-state index in [-0.39, 0.29) is 29.9 Å². The standard InChI is InChI=1S/C22H28N4O.HI/c1-25(2)22(23-15-18-7-4-3-5-8-18)24-16-19-10-12-20(13-11-19)17-26-14-6-9-21(26)27;/h3-5,7-8,10-13H,6,9,14-17H2,1-2H3,(H,23,24);1H. The first-order chi connectivity index (χ1) is 13.1. The van der Waals surface area contributed by atoms with Crippen LogP contribution in [0.5, 0.6) is 0 Å². The molecule has 0 atom stereocenters. The highest BCUT2D eigenvalue weighted by atomic mass is 127. The van der Waals surface area contributed by atoms with Gasteiger partial charge in [0.15, 0.2) is 5.96 Å². The van der Waals surface area contributed by atoms with Crippen LogP contribution in [0.25, 0.3) is 0 Å². The number of carbonyl (C=O) groups is 1. The van der Waals surface area contributed by atoms with Crippen LogP contribution >= 0.6 is 24.0 Å². The van der Waals surface area contributed by atoms with E-state index in [0.29, 0.717) is 26.1 Å². The lowest BCUT2D eigenvalue weighted by Gasteiger charge is -2.18. The Kier molecular flexibility index (Phi) is 8.76. The van der Waals surface area contributed by atoms with Crippen LogP contribution in [0.4, 0.5) is 0 Å². The van der Waals surface area contributed by atoms with Crippen LogP contribution in [0, 0.1) is 0 Å². The highest BCUT2D eigenvalue weighted by Crippen LogP contribution is 2.14. The lowest BCUT2D eigenvalue weighted by molar-refractivity contribution is -0.128. The molecular weight excluding hydrogens is 463 g/mol. The molecule has 1 amide bonds. The number of amides is 1. The zero-order chi connectivity index (χ0) is 19.1. The van der Waals surface area contributed by atoms with Crippen molar-refractivity contribution >= 4 is 35.8 Å². The van der Waals surface area contributed by atoms with Gasteiger partial charge in [0.1, 0.15) is 0 Å². The van der Waals surface area contributed by atoms with Gasteiger partial charge in [0, 0.05) is 40.2 Å². The predicted molar refractivity (Wildman–Crippen MR) is 125 cm³/mol. The lowest BCUT2D eigenvalue weighted by Crippen LogP contribution is -2.36. The van der Waals surface area contributed by atoms with Crippen LogP contribution in [0.3, 0.4) is 0 Å². The fraction of sp³-hybridized carbons (Fsp3) is 0.364. The van der Waals surface area contributed by atoms with Crippen molar-refractivity contribution in [2.75, 3.05) is 20.6 Å². The molecule has 28 heavy (non-hydrogen) atoms. The van der Waals surface area contributed by atoms with Crippen molar-refractivity contribution in [3.8, 4) is 0 Å². The van der Waals surface area contributed by atoms with E-state index >= 15 is 0 Å². The minimum Gasteiger partial charge on any atom is -0.352 e. The topological polar surface area (TPSA) is 47.9 Å². The number of nitrogens with one attached hydrogen (secondary N) is 1. The Balaban J connectivity index is 0.00000280. The molecule has 0 bridgehead atoms. The number of carbonyl (C=O) groups excluding carboxylic acids is 1. The van der Waals surface area contributed by atoms with Crippen LogP contribution < -0.4 is 5.32 Å². The highest BCUT2D eigenvalue weighted by Gasteiger charge is 2.19. The summed E-state index contributed by atoms with van der Waals surface area (Å²) in [5, 5.41) is 3.42. The van der Waals surface area contributed by atoms with E-state index in [1.165, 1.54) is 16.7 Å².